The van der Waals surface area contributed by atoms with Crippen LogP contribution in [-0.4, -0.2) is 40.0 Å². The van der Waals surface area contributed by atoms with Crippen LogP contribution in [0.15, 0.2) is 52.1 Å². The van der Waals surface area contributed by atoms with Gasteiger partial charge in [0.25, 0.3) is 0 Å². The van der Waals surface area contributed by atoms with Gasteiger partial charge in [-0.25, -0.2) is 9.78 Å². The lowest BCUT2D eigenvalue weighted by Gasteiger charge is -2.24. The molecule has 6 rings (SSSR count). The Morgan fingerprint density at radius 2 is 2.13 bits per heavy atom. The first kappa shape index (κ1) is 17.7. The van der Waals surface area contributed by atoms with E-state index in [2.05, 4.69) is 26.3 Å². The largest absolute Gasteiger partial charge is 0.422 e. The van der Waals surface area contributed by atoms with Gasteiger partial charge in [0.05, 0.1) is 23.1 Å². The number of piperidine rings is 1. The molecule has 5 heterocycles. The molecule has 0 bridgehead atoms. The Kier molecular flexibility index (Phi) is 3.92. The number of aromatic nitrogens is 3. The molecule has 7 heteroatoms. The van der Waals surface area contributed by atoms with Gasteiger partial charge in [0.15, 0.2) is 5.65 Å². The van der Waals surface area contributed by atoms with Crippen LogP contribution in [0.3, 0.4) is 0 Å². The number of hydrogen-bond donors (Lipinski definition) is 1. The summed E-state index contributed by atoms with van der Waals surface area (Å²) in [5.41, 5.74) is 4.01. The third-order valence-electron chi connectivity index (χ3n) is 6.43. The number of imidazole rings is 1. The van der Waals surface area contributed by atoms with Crippen LogP contribution in [0.1, 0.15) is 18.5 Å². The second-order valence-electron chi connectivity index (χ2n) is 8.46. The topological polar surface area (TPSA) is 75.7 Å². The first-order valence-electron chi connectivity index (χ1n) is 10.5. The van der Waals surface area contributed by atoms with Gasteiger partial charge in [0, 0.05) is 48.7 Å². The summed E-state index contributed by atoms with van der Waals surface area (Å²) in [5, 5.41) is 4.54. The van der Waals surface area contributed by atoms with Gasteiger partial charge in [-0.05, 0) is 50.4 Å². The molecule has 30 heavy (non-hydrogen) atoms. The molecule has 2 aliphatic heterocycles. The molecule has 0 spiro atoms. The van der Waals surface area contributed by atoms with Gasteiger partial charge in [-0.15, -0.1) is 0 Å². The van der Waals surface area contributed by atoms with Crippen molar-refractivity contribution in [3.05, 3.63) is 59.0 Å². The minimum atomic E-state index is -0.371. The Morgan fingerprint density at radius 1 is 1.20 bits per heavy atom. The van der Waals surface area contributed by atoms with Crippen molar-refractivity contribution >= 4 is 22.3 Å². The van der Waals surface area contributed by atoms with Crippen molar-refractivity contribution in [1.29, 1.82) is 0 Å². The number of benzene rings is 1. The predicted molar refractivity (Wildman–Crippen MR) is 116 cm³/mol. The van der Waals surface area contributed by atoms with Crippen molar-refractivity contribution in [2.24, 2.45) is 5.92 Å². The van der Waals surface area contributed by atoms with Crippen molar-refractivity contribution < 1.29 is 4.42 Å². The normalized spacial score (nSPS) is 21.4. The van der Waals surface area contributed by atoms with Gasteiger partial charge in [0.2, 0.25) is 0 Å². The maximum atomic E-state index is 12.8. The van der Waals surface area contributed by atoms with Crippen molar-refractivity contribution in [2.75, 3.05) is 24.5 Å². The van der Waals surface area contributed by atoms with E-state index in [-0.39, 0.29) is 5.63 Å². The maximum Gasteiger partial charge on any atom is 0.345 e. The van der Waals surface area contributed by atoms with E-state index >= 15 is 0 Å². The number of hydrogen-bond acceptors (Lipinski definition) is 6. The summed E-state index contributed by atoms with van der Waals surface area (Å²) in [5.74, 6) is 0.706. The molecule has 2 fully saturated rings. The van der Waals surface area contributed by atoms with Crippen molar-refractivity contribution in [2.45, 2.75) is 25.8 Å². The molecule has 4 aromatic rings. The summed E-state index contributed by atoms with van der Waals surface area (Å²) in [6.45, 7) is 5.10. The highest BCUT2D eigenvalue weighted by Gasteiger charge is 2.34. The van der Waals surface area contributed by atoms with E-state index in [9.17, 15) is 4.79 Å². The zero-order valence-electron chi connectivity index (χ0n) is 16.8. The molecule has 3 aromatic heterocycles. The predicted octanol–water partition coefficient (Wildman–Crippen LogP) is 3.00. The van der Waals surface area contributed by atoms with Gasteiger partial charge in [0.1, 0.15) is 5.58 Å². The number of nitrogens with zero attached hydrogens (tertiary/aromatic N) is 4. The summed E-state index contributed by atoms with van der Waals surface area (Å²) < 4.78 is 7.60. The first-order valence-corrected chi connectivity index (χ1v) is 10.5. The van der Waals surface area contributed by atoms with Crippen LogP contribution in [-0.2, 0) is 0 Å². The molecule has 1 aromatic carbocycles. The number of aryl methyl sites for hydroxylation is 1. The van der Waals surface area contributed by atoms with Crippen LogP contribution in [0.25, 0.3) is 27.9 Å². The van der Waals surface area contributed by atoms with Gasteiger partial charge < -0.3 is 19.0 Å². The lowest BCUT2D eigenvalue weighted by molar-refractivity contribution is 0.340. The molecule has 152 valence electrons. The Hall–Kier alpha value is -3.19. The summed E-state index contributed by atoms with van der Waals surface area (Å²) in [4.78, 5) is 24.0. The second-order valence-corrected chi connectivity index (χ2v) is 8.46. The van der Waals surface area contributed by atoms with E-state index in [0.29, 0.717) is 34.4 Å². The maximum absolute atomic E-state index is 12.8. The Morgan fingerprint density at radius 3 is 3.03 bits per heavy atom. The van der Waals surface area contributed by atoms with Crippen molar-refractivity contribution in [3.8, 4) is 11.3 Å². The van der Waals surface area contributed by atoms with E-state index in [1.54, 1.807) is 6.20 Å². The number of nitrogens with one attached hydrogen (secondary N) is 1. The first-order chi connectivity index (χ1) is 14.6. The zero-order chi connectivity index (χ0) is 20.2. The Balaban J connectivity index is 1.36. The third-order valence-corrected chi connectivity index (χ3v) is 6.43. The van der Waals surface area contributed by atoms with E-state index in [4.69, 9.17) is 4.42 Å². The Labute approximate surface area is 173 Å². The van der Waals surface area contributed by atoms with Gasteiger partial charge in [-0.3, -0.25) is 4.98 Å². The molecule has 0 unspecified atom stereocenters. The van der Waals surface area contributed by atoms with E-state index in [0.717, 1.165) is 36.4 Å². The average Bonchev–Trinajstić information content (AvgIpc) is 3.36. The van der Waals surface area contributed by atoms with Crippen LogP contribution < -0.4 is 15.8 Å². The van der Waals surface area contributed by atoms with Crippen LogP contribution in [0.4, 0.5) is 5.69 Å². The number of rotatable bonds is 2. The quantitative estimate of drug-likeness (QED) is 0.521. The SMILES string of the molecule is Cc1cn2cc(-c3cc4ccc(N5C[C@H]6CCCN[C@H]6C5)cc4oc3=O)nc2cn1. The lowest BCUT2D eigenvalue weighted by atomic mass is 9.94. The molecule has 0 amide bonds. The summed E-state index contributed by atoms with van der Waals surface area (Å²) in [6, 6.07) is 8.60. The van der Waals surface area contributed by atoms with E-state index in [1.807, 2.05) is 41.9 Å². The molecule has 0 radical (unpaired) electrons. The molecule has 1 N–H and O–H groups in total. The fraction of sp³-hybridized carbons (Fsp3) is 0.348. The molecule has 2 atom stereocenters. The summed E-state index contributed by atoms with van der Waals surface area (Å²) in [7, 11) is 0. The average molecular weight is 401 g/mol. The standard InChI is InChI=1S/C23H23N5O2/c1-14-10-28-13-20(26-22(28)9-25-14)18-7-15-4-5-17(8-21(15)30-23(18)29)27-11-16-3-2-6-24-19(16)12-27/h4-5,7-10,13,16,19,24H,2-3,6,11-12H2,1H3/t16-,19+/m1/s1. The second kappa shape index (κ2) is 6.67. The fourth-order valence-electron chi connectivity index (χ4n) is 4.86. The van der Waals surface area contributed by atoms with Gasteiger partial charge in [-0.2, -0.15) is 0 Å². The molecule has 7 nitrogen and oxygen atoms in total. The van der Waals surface area contributed by atoms with Crippen LogP contribution in [0.2, 0.25) is 0 Å². The minimum Gasteiger partial charge on any atom is -0.422 e. The van der Waals surface area contributed by atoms with Crippen LogP contribution >= 0.6 is 0 Å². The van der Waals surface area contributed by atoms with E-state index in [1.165, 1.54) is 12.8 Å². The van der Waals surface area contributed by atoms with Gasteiger partial charge >= 0.3 is 5.63 Å². The van der Waals surface area contributed by atoms with Crippen molar-refractivity contribution in [1.82, 2.24) is 19.7 Å². The molecule has 0 aliphatic carbocycles. The van der Waals surface area contributed by atoms with Crippen molar-refractivity contribution in [3.63, 3.8) is 0 Å². The summed E-state index contributed by atoms with van der Waals surface area (Å²) >= 11 is 0. The Bertz CT molecular complexity index is 1310. The lowest BCUT2D eigenvalue weighted by Crippen LogP contribution is -2.40. The smallest absolute Gasteiger partial charge is 0.345 e. The molecule has 2 aliphatic rings. The van der Waals surface area contributed by atoms with Gasteiger partial charge in [-0.1, -0.05) is 0 Å². The minimum absolute atomic E-state index is 0.371. The van der Waals surface area contributed by atoms with Crippen LogP contribution in [0, 0.1) is 12.8 Å². The highest BCUT2D eigenvalue weighted by molar-refractivity contribution is 5.84. The zero-order valence-corrected chi connectivity index (χ0v) is 16.8. The number of fused-ring (bicyclic) bond motifs is 3. The van der Waals surface area contributed by atoms with E-state index < -0.39 is 0 Å². The summed E-state index contributed by atoms with van der Waals surface area (Å²) in [6.07, 6.45) is 7.98. The molecule has 2 saturated heterocycles. The molecular weight excluding hydrogens is 378 g/mol. The molecular formula is C23H23N5O2. The number of anilines is 1. The third kappa shape index (κ3) is 2.89. The highest BCUT2D eigenvalue weighted by atomic mass is 16.4. The van der Waals surface area contributed by atoms with Crippen LogP contribution in [0.5, 0.6) is 0 Å². The highest BCUT2D eigenvalue weighted by Crippen LogP contribution is 2.31. The monoisotopic (exact) mass is 401 g/mol. The molecule has 0 saturated carbocycles. The fourth-order valence-corrected chi connectivity index (χ4v) is 4.86.